The molecule has 1 nitrogen and oxygen atoms in total. The van der Waals surface area contributed by atoms with Gasteiger partial charge in [0.05, 0.1) is 0 Å². The van der Waals surface area contributed by atoms with Gasteiger partial charge in [0.2, 0.25) is 0 Å². The molecule has 0 unspecified atom stereocenters. The van der Waals surface area contributed by atoms with Gasteiger partial charge in [0, 0.05) is 11.2 Å². The lowest BCUT2D eigenvalue weighted by Crippen LogP contribution is -2.03. The topological polar surface area (TPSA) is 12.0 Å². The van der Waals surface area contributed by atoms with Crippen LogP contribution in [0.15, 0.2) is 23.6 Å². The number of aryl methyl sites for hydroxylation is 1. The zero-order chi connectivity index (χ0) is 9.26. The Labute approximate surface area is 82.4 Å². The molecule has 0 aliphatic heterocycles. The van der Waals surface area contributed by atoms with Crippen LogP contribution in [0.1, 0.15) is 11.1 Å². The maximum absolute atomic E-state index is 3.19. The standard InChI is InChI=1S/C11H13NS/c1-8-4-3-5-10-9(6-12-2)7-13-11(8)10/h3-5,7,12H,6H2,1-2H3. The van der Waals surface area contributed by atoms with Crippen LogP contribution in [0.2, 0.25) is 0 Å². The molecule has 0 aliphatic carbocycles. The van der Waals surface area contributed by atoms with E-state index in [0.29, 0.717) is 0 Å². The van der Waals surface area contributed by atoms with Crippen molar-refractivity contribution in [3.63, 3.8) is 0 Å². The molecular formula is C11H13NS. The van der Waals surface area contributed by atoms with Crippen molar-refractivity contribution in [1.82, 2.24) is 5.32 Å². The molecule has 2 aromatic rings. The monoisotopic (exact) mass is 191 g/mol. The number of benzene rings is 1. The van der Waals surface area contributed by atoms with E-state index in [2.05, 4.69) is 35.8 Å². The highest BCUT2D eigenvalue weighted by Gasteiger charge is 2.03. The molecule has 1 N–H and O–H groups in total. The highest BCUT2D eigenvalue weighted by Crippen LogP contribution is 2.28. The number of fused-ring (bicyclic) bond motifs is 1. The van der Waals surface area contributed by atoms with E-state index < -0.39 is 0 Å². The Morgan fingerprint density at radius 3 is 3.00 bits per heavy atom. The van der Waals surface area contributed by atoms with E-state index in [0.717, 1.165) is 6.54 Å². The molecule has 2 heteroatoms. The van der Waals surface area contributed by atoms with Gasteiger partial charge in [-0.3, -0.25) is 0 Å². The SMILES string of the molecule is CNCc1csc2c(C)cccc12. The minimum atomic E-state index is 0.962. The van der Waals surface area contributed by atoms with Gasteiger partial charge in [0.25, 0.3) is 0 Å². The lowest BCUT2D eigenvalue weighted by atomic mass is 10.1. The van der Waals surface area contributed by atoms with E-state index in [-0.39, 0.29) is 0 Å². The summed E-state index contributed by atoms with van der Waals surface area (Å²) >= 11 is 1.84. The summed E-state index contributed by atoms with van der Waals surface area (Å²) in [4.78, 5) is 0. The van der Waals surface area contributed by atoms with Crippen LogP contribution in [0.25, 0.3) is 10.1 Å². The summed E-state index contributed by atoms with van der Waals surface area (Å²) in [5.74, 6) is 0. The highest BCUT2D eigenvalue weighted by molar-refractivity contribution is 7.17. The molecule has 2 rings (SSSR count). The van der Waals surface area contributed by atoms with E-state index in [1.807, 2.05) is 18.4 Å². The summed E-state index contributed by atoms with van der Waals surface area (Å²) in [5.41, 5.74) is 2.79. The van der Waals surface area contributed by atoms with Gasteiger partial charge < -0.3 is 5.32 Å². The average Bonchev–Trinajstić information content (AvgIpc) is 2.51. The number of thiophene rings is 1. The molecule has 0 saturated carbocycles. The van der Waals surface area contributed by atoms with Crippen molar-refractivity contribution in [2.24, 2.45) is 0 Å². The second-order valence-electron chi connectivity index (χ2n) is 3.24. The van der Waals surface area contributed by atoms with Crippen molar-refractivity contribution in [3.05, 3.63) is 34.7 Å². The molecule has 0 saturated heterocycles. The van der Waals surface area contributed by atoms with Gasteiger partial charge in [-0.1, -0.05) is 18.2 Å². The van der Waals surface area contributed by atoms with Crippen molar-refractivity contribution < 1.29 is 0 Å². The van der Waals surface area contributed by atoms with E-state index in [9.17, 15) is 0 Å². The largest absolute Gasteiger partial charge is 0.316 e. The zero-order valence-corrected chi connectivity index (χ0v) is 8.74. The van der Waals surface area contributed by atoms with Gasteiger partial charge in [-0.05, 0) is 35.9 Å². The molecule has 0 spiro atoms. The average molecular weight is 191 g/mol. The minimum absolute atomic E-state index is 0.962. The van der Waals surface area contributed by atoms with Gasteiger partial charge >= 0.3 is 0 Å². The lowest BCUT2D eigenvalue weighted by Gasteiger charge is -1.98. The van der Waals surface area contributed by atoms with Crippen LogP contribution in [0.4, 0.5) is 0 Å². The Kier molecular flexibility index (Phi) is 2.34. The maximum atomic E-state index is 3.19. The molecule has 0 bridgehead atoms. The molecule has 0 amide bonds. The third kappa shape index (κ3) is 1.47. The van der Waals surface area contributed by atoms with Gasteiger partial charge in [-0.2, -0.15) is 0 Å². The fourth-order valence-electron chi connectivity index (χ4n) is 1.58. The molecule has 1 heterocycles. The summed E-state index contributed by atoms with van der Waals surface area (Å²) < 4.78 is 1.42. The zero-order valence-electron chi connectivity index (χ0n) is 7.92. The van der Waals surface area contributed by atoms with Crippen molar-refractivity contribution in [1.29, 1.82) is 0 Å². The molecule has 0 aliphatic rings. The molecule has 13 heavy (non-hydrogen) atoms. The van der Waals surface area contributed by atoms with Gasteiger partial charge in [-0.15, -0.1) is 11.3 Å². The molecule has 0 radical (unpaired) electrons. The van der Waals surface area contributed by atoms with E-state index in [1.165, 1.54) is 21.2 Å². The third-order valence-electron chi connectivity index (χ3n) is 2.24. The summed E-state index contributed by atoms with van der Waals surface area (Å²) in [5, 5.41) is 6.83. The fraction of sp³-hybridized carbons (Fsp3) is 0.273. The summed E-state index contributed by atoms with van der Waals surface area (Å²) in [6.07, 6.45) is 0. The minimum Gasteiger partial charge on any atom is -0.316 e. The van der Waals surface area contributed by atoms with Gasteiger partial charge in [0.15, 0.2) is 0 Å². The van der Waals surface area contributed by atoms with Crippen LogP contribution < -0.4 is 5.32 Å². The Bertz CT molecular complexity index is 417. The molecule has 1 aromatic heterocycles. The first-order chi connectivity index (χ1) is 6.33. The second-order valence-corrected chi connectivity index (χ2v) is 4.12. The van der Waals surface area contributed by atoms with Crippen LogP contribution in [-0.4, -0.2) is 7.05 Å². The van der Waals surface area contributed by atoms with Crippen LogP contribution in [-0.2, 0) is 6.54 Å². The smallest absolute Gasteiger partial charge is 0.0375 e. The first kappa shape index (κ1) is 8.73. The van der Waals surface area contributed by atoms with Crippen molar-refractivity contribution in [2.45, 2.75) is 13.5 Å². The summed E-state index contributed by atoms with van der Waals surface area (Å²) in [6.45, 7) is 3.13. The van der Waals surface area contributed by atoms with Crippen LogP contribution in [0, 0.1) is 6.92 Å². The van der Waals surface area contributed by atoms with Crippen molar-refractivity contribution in [2.75, 3.05) is 7.05 Å². The number of nitrogens with one attached hydrogen (secondary N) is 1. The van der Waals surface area contributed by atoms with E-state index in [4.69, 9.17) is 0 Å². The normalized spacial score (nSPS) is 10.9. The molecule has 0 fully saturated rings. The van der Waals surface area contributed by atoms with Gasteiger partial charge in [0.1, 0.15) is 0 Å². The Balaban J connectivity index is 2.61. The van der Waals surface area contributed by atoms with Crippen molar-refractivity contribution in [3.8, 4) is 0 Å². The Morgan fingerprint density at radius 2 is 2.23 bits per heavy atom. The second kappa shape index (κ2) is 3.48. The Hall–Kier alpha value is -0.860. The predicted octanol–water partition coefficient (Wildman–Crippen LogP) is 2.93. The summed E-state index contributed by atoms with van der Waals surface area (Å²) in [7, 11) is 1.99. The summed E-state index contributed by atoms with van der Waals surface area (Å²) in [6, 6.07) is 6.50. The number of hydrogen-bond donors (Lipinski definition) is 1. The Morgan fingerprint density at radius 1 is 1.38 bits per heavy atom. The van der Waals surface area contributed by atoms with Crippen LogP contribution >= 0.6 is 11.3 Å². The first-order valence-electron chi connectivity index (χ1n) is 4.43. The van der Waals surface area contributed by atoms with Crippen LogP contribution in [0.5, 0.6) is 0 Å². The van der Waals surface area contributed by atoms with Crippen LogP contribution in [0.3, 0.4) is 0 Å². The number of rotatable bonds is 2. The van der Waals surface area contributed by atoms with E-state index >= 15 is 0 Å². The molecule has 1 aromatic carbocycles. The molecule has 68 valence electrons. The third-order valence-corrected chi connectivity index (χ3v) is 3.42. The van der Waals surface area contributed by atoms with Crippen molar-refractivity contribution >= 4 is 21.4 Å². The molecule has 0 atom stereocenters. The quantitative estimate of drug-likeness (QED) is 0.769. The van der Waals surface area contributed by atoms with Gasteiger partial charge in [-0.25, -0.2) is 0 Å². The first-order valence-corrected chi connectivity index (χ1v) is 5.31. The number of hydrogen-bond acceptors (Lipinski definition) is 2. The lowest BCUT2D eigenvalue weighted by molar-refractivity contribution is 0.826. The molecular weight excluding hydrogens is 178 g/mol. The maximum Gasteiger partial charge on any atom is 0.0375 e. The predicted molar refractivity (Wildman–Crippen MR) is 59.3 cm³/mol. The van der Waals surface area contributed by atoms with E-state index in [1.54, 1.807) is 0 Å². The highest BCUT2D eigenvalue weighted by atomic mass is 32.1. The fourth-order valence-corrected chi connectivity index (χ4v) is 2.63.